The summed E-state index contributed by atoms with van der Waals surface area (Å²) < 4.78 is 1.04. The summed E-state index contributed by atoms with van der Waals surface area (Å²) in [6.45, 7) is 0. The van der Waals surface area contributed by atoms with E-state index >= 15 is 0 Å². The second kappa shape index (κ2) is 11.2. The van der Waals surface area contributed by atoms with Crippen LogP contribution in [0.5, 0.6) is 0 Å². The Hall–Kier alpha value is -4.39. The number of hydrogen-bond donors (Lipinski definition) is 3. The van der Waals surface area contributed by atoms with E-state index in [0.717, 1.165) is 57.9 Å². The highest BCUT2D eigenvalue weighted by Crippen LogP contribution is 2.32. The van der Waals surface area contributed by atoms with Crippen LogP contribution < -0.4 is 10.6 Å². The second-order valence-electron chi connectivity index (χ2n) is 9.75. The molecular weight excluding hydrogens is 506 g/mol. The van der Waals surface area contributed by atoms with Crippen LogP contribution in [0.1, 0.15) is 42.6 Å². The number of benzene rings is 2. The molecule has 0 saturated heterocycles. The molecule has 5 aromatic rings. The Morgan fingerprint density at radius 3 is 2.51 bits per heavy atom. The van der Waals surface area contributed by atoms with Crippen LogP contribution in [-0.2, 0) is 6.42 Å². The van der Waals surface area contributed by atoms with Crippen LogP contribution in [0.4, 0.5) is 16.9 Å². The molecule has 1 fully saturated rings. The van der Waals surface area contributed by atoms with Crippen LogP contribution in [0.15, 0.2) is 72.9 Å². The van der Waals surface area contributed by atoms with Gasteiger partial charge in [0.1, 0.15) is 17.6 Å². The number of pyridine rings is 1. The summed E-state index contributed by atoms with van der Waals surface area (Å²) >= 11 is 1.56. The summed E-state index contributed by atoms with van der Waals surface area (Å²) in [5, 5.41) is 26.5. The van der Waals surface area contributed by atoms with E-state index in [2.05, 4.69) is 39.9 Å². The molecule has 194 valence electrons. The van der Waals surface area contributed by atoms with Crippen molar-refractivity contribution in [2.75, 3.05) is 10.6 Å². The molecule has 1 aliphatic carbocycles. The molecule has 0 amide bonds. The van der Waals surface area contributed by atoms with Gasteiger partial charge in [-0.3, -0.25) is 0 Å². The quantitative estimate of drug-likeness (QED) is 0.231. The lowest BCUT2D eigenvalue weighted by atomic mass is 9.93. The predicted octanol–water partition coefficient (Wildman–Crippen LogP) is 6.07. The van der Waals surface area contributed by atoms with Crippen LogP contribution in [0.2, 0.25) is 0 Å². The van der Waals surface area contributed by atoms with Gasteiger partial charge < -0.3 is 15.7 Å². The Labute approximate surface area is 230 Å². The SMILES string of the molecule is N#Cc1ccc(-c2ccc3nc(Nc4cc(Cc5ccccc5)nc(N[C@H]5CC[C@H](O)CC5)n4)sc3c2)cn1. The largest absolute Gasteiger partial charge is 0.393 e. The highest BCUT2D eigenvalue weighted by molar-refractivity contribution is 7.22. The molecule has 0 aliphatic heterocycles. The normalized spacial score (nSPS) is 17.0. The summed E-state index contributed by atoms with van der Waals surface area (Å²) in [6.07, 6.45) is 5.57. The number of nitrogens with zero attached hydrogens (tertiary/aromatic N) is 5. The zero-order valence-corrected chi connectivity index (χ0v) is 22.0. The summed E-state index contributed by atoms with van der Waals surface area (Å²) in [7, 11) is 0. The van der Waals surface area contributed by atoms with E-state index in [-0.39, 0.29) is 12.1 Å². The van der Waals surface area contributed by atoms with Crippen molar-refractivity contribution in [1.82, 2.24) is 19.9 Å². The molecule has 3 aromatic heterocycles. The molecule has 0 bridgehead atoms. The van der Waals surface area contributed by atoms with Crippen molar-refractivity contribution in [1.29, 1.82) is 5.26 Å². The topological polar surface area (TPSA) is 120 Å². The Bertz CT molecular complexity index is 1620. The molecule has 0 atom stereocenters. The first-order chi connectivity index (χ1) is 19.1. The van der Waals surface area contributed by atoms with Crippen LogP contribution in [0.3, 0.4) is 0 Å². The third kappa shape index (κ3) is 6.03. The van der Waals surface area contributed by atoms with Crippen LogP contribution in [0, 0.1) is 11.3 Å². The molecule has 2 aromatic carbocycles. The number of nitriles is 1. The number of aromatic nitrogens is 4. The lowest BCUT2D eigenvalue weighted by molar-refractivity contribution is 0.126. The number of aliphatic hydroxyl groups is 1. The van der Waals surface area contributed by atoms with Gasteiger partial charge in [0.15, 0.2) is 5.13 Å². The minimum atomic E-state index is -0.210. The van der Waals surface area contributed by atoms with E-state index in [1.807, 2.05) is 42.5 Å². The molecule has 9 heteroatoms. The zero-order chi connectivity index (χ0) is 26.6. The minimum absolute atomic E-state index is 0.210. The number of thiazole rings is 1. The molecule has 8 nitrogen and oxygen atoms in total. The smallest absolute Gasteiger partial charge is 0.225 e. The molecule has 39 heavy (non-hydrogen) atoms. The van der Waals surface area contributed by atoms with Crippen molar-refractivity contribution in [3.8, 4) is 17.2 Å². The molecule has 0 unspecified atom stereocenters. The number of fused-ring (bicyclic) bond motifs is 1. The lowest BCUT2D eigenvalue weighted by Gasteiger charge is -2.26. The fourth-order valence-corrected chi connectivity index (χ4v) is 5.73. The number of hydrogen-bond acceptors (Lipinski definition) is 9. The highest BCUT2D eigenvalue weighted by atomic mass is 32.1. The second-order valence-corrected chi connectivity index (χ2v) is 10.8. The van der Waals surface area contributed by atoms with Gasteiger partial charge in [0.2, 0.25) is 5.95 Å². The van der Waals surface area contributed by atoms with E-state index < -0.39 is 0 Å². The maximum atomic E-state index is 9.88. The average Bonchev–Trinajstić information content (AvgIpc) is 3.36. The van der Waals surface area contributed by atoms with Crippen molar-refractivity contribution in [2.24, 2.45) is 0 Å². The fraction of sp³-hybridized carbons (Fsp3) is 0.233. The number of nitrogens with one attached hydrogen (secondary N) is 2. The van der Waals surface area contributed by atoms with Crippen molar-refractivity contribution in [2.45, 2.75) is 44.2 Å². The van der Waals surface area contributed by atoms with Crippen molar-refractivity contribution in [3.05, 3.63) is 89.9 Å². The van der Waals surface area contributed by atoms with Gasteiger partial charge in [-0.1, -0.05) is 47.7 Å². The monoisotopic (exact) mass is 533 g/mol. The fourth-order valence-electron chi connectivity index (χ4n) is 4.82. The first-order valence-corrected chi connectivity index (χ1v) is 13.8. The van der Waals surface area contributed by atoms with Crippen molar-refractivity contribution < 1.29 is 5.11 Å². The third-order valence-corrected chi connectivity index (χ3v) is 7.81. The van der Waals surface area contributed by atoms with Gasteiger partial charge in [0.25, 0.3) is 0 Å². The maximum Gasteiger partial charge on any atom is 0.225 e. The summed E-state index contributed by atoms with van der Waals surface area (Å²) in [6, 6.07) is 24.3. The summed E-state index contributed by atoms with van der Waals surface area (Å²) in [5.74, 6) is 1.27. The van der Waals surface area contributed by atoms with E-state index in [0.29, 0.717) is 23.9 Å². The number of rotatable bonds is 7. The van der Waals surface area contributed by atoms with Crippen molar-refractivity contribution in [3.63, 3.8) is 0 Å². The van der Waals surface area contributed by atoms with E-state index in [1.165, 1.54) is 5.56 Å². The molecular formula is C30H27N7OS. The molecule has 3 heterocycles. The molecule has 1 aliphatic rings. The van der Waals surface area contributed by atoms with Gasteiger partial charge in [-0.15, -0.1) is 0 Å². The summed E-state index contributed by atoms with van der Waals surface area (Å²) in [5.41, 5.74) is 5.35. The van der Waals surface area contributed by atoms with Gasteiger partial charge in [-0.25, -0.2) is 15.0 Å². The van der Waals surface area contributed by atoms with Gasteiger partial charge in [-0.05, 0) is 61.1 Å². The molecule has 0 radical (unpaired) electrons. The standard InChI is InChI=1S/C30H27N7OS/c31-17-23-8-6-21(18-32-23)20-7-13-26-27(15-20)39-30(35-26)37-28-16-24(14-19-4-2-1-3-5-19)34-29(36-28)33-22-9-11-25(38)12-10-22/h1-8,13,15-16,18,22,25,38H,9-12,14H2,(H2,33,34,35,36,37)/t22-,25-. The Kier molecular flexibility index (Phi) is 7.13. The maximum absolute atomic E-state index is 9.88. The molecule has 3 N–H and O–H groups in total. The first-order valence-electron chi connectivity index (χ1n) is 13.0. The molecule has 0 spiro atoms. The number of aliphatic hydroxyl groups excluding tert-OH is 1. The van der Waals surface area contributed by atoms with Crippen LogP contribution >= 0.6 is 11.3 Å². The average molecular weight is 534 g/mol. The van der Waals surface area contributed by atoms with Gasteiger partial charge in [0.05, 0.1) is 22.0 Å². The Morgan fingerprint density at radius 2 is 1.74 bits per heavy atom. The molecule has 1 saturated carbocycles. The predicted molar refractivity (Wildman–Crippen MR) is 154 cm³/mol. The van der Waals surface area contributed by atoms with Gasteiger partial charge in [0, 0.05) is 30.3 Å². The van der Waals surface area contributed by atoms with E-state index in [9.17, 15) is 5.11 Å². The summed E-state index contributed by atoms with van der Waals surface area (Å²) in [4.78, 5) is 18.6. The highest BCUT2D eigenvalue weighted by Gasteiger charge is 2.20. The first kappa shape index (κ1) is 24.9. The van der Waals surface area contributed by atoms with Gasteiger partial charge in [-0.2, -0.15) is 10.2 Å². The third-order valence-electron chi connectivity index (χ3n) is 6.87. The lowest BCUT2D eigenvalue weighted by Crippen LogP contribution is -2.29. The van der Waals surface area contributed by atoms with E-state index in [1.54, 1.807) is 23.6 Å². The Morgan fingerprint density at radius 1 is 0.923 bits per heavy atom. The molecule has 6 rings (SSSR count). The van der Waals surface area contributed by atoms with Crippen molar-refractivity contribution >= 4 is 38.5 Å². The Balaban J connectivity index is 1.26. The van der Waals surface area contributed by atoms with E-state index in [4.69, 9.17) is 20.2 Å². The zero-order valence-electron chi connectivity index (χ0n) is 21.2. The minimum Gasteiger partial charge on any atom is -0.393 e. The van der Waals surface area contributed by atoms with Gasteiger partial charge >= 0.3 is 0 Å². The number of anilines is 3. The van der Waals surface area contributed by atoms with Crippen LogP contribution in [-0.4, -0.2) is 37.2 Å². The van der Waals surface area contributed by atoms with Crippen LogP contribution in [0.25, 0.3) is 21.3 Å².